The van der Waals surface area contributed by atoms with Crippen LogP contribution in [0.5, 0.6) is 0 Å². The molecule has 0 atom stereocenters. The Hall–Kier alpha value is -4.47. The highest BCUT2D eigenvalue weighted by Crippen LogP contribution is 2.31. The van der Waals surface area contributed by atoms with Gasteiger partial charge in [0.25, 0.3) is 5.56 Å². The molecule has 196 valence electrons. The minimum atomic E-state index is -4.64. The second kappa shape index (κ2) is 10.5. The fourth-order valence-electron chi connectivity index (χ4n) is 4.10. The second-order valence-corrected chi connectivity index (χ2v) is 8.23. The first-order valence-electron chi connectivity index (χ1n) is 11.2. The lowest BCUT2D eigenvalue weighted by Gasteiger charge is -2.21. The molecule has 4 aromatic rings. The average molecular weight is 525 g/mol. The maximum Gasteiger partial charge on any atom is 0.416 e. The molecule has 12 heteroatoms. The fraction of sp³-hybridized carbons (Fsp3) is 0.231. The van der Waals surface area contributed by atoms with E-state index in [0.717, 1.165) is 21.3 Å². The number of alkyl halides is 3. The second-order valence-electron chi connectivity index (χ2n) is 8.23. The van der Waals surface area contributed by atoms with Gasteiger partial charge in [0.05, 0.1) is 52.6 Å². The molecule has 0 aliphatic heterocycles. The van der Waals surface area contributed by atoms with Gasteiger partial charge >= 0.3 is 11.9 Å². The lowest BCUT2D eigenvalue weighted by molar-refractivity contribution is -0.137. The zero-order chi connectivity index (χ0) is 27.6. The number of aromatic nitrogens is 4. The predicted molar refractivity (Wildman–Crippen MR) is 131 cm³/mol. The zero-order valence-corrected chi connectivity index (χ0v) is 20.6. The van der Waals surface area contributed by atoms with Gasteiger partial charge in [-0.1, -0.05) is 6.07 Å². The Morgan fingerprint density at radius 1 is 1.03 bits per heavy atom. The Labute approximate surface area is 214 Å². The molecule has 0 radical (unpaired) electrons. The number of benzene rings is 2. The molecule has 2 heterocycles. The van der Waals surface area contributed by atoms with Gasteiger partial charge in [0.2, 0.25) is 0 Å². The molecular formula is C26H22F3N5O4. The molecule has 38 heavy (non-hydrogen) atoms. The number of hydrogen-bond donors (Lipinski definition) is 0. The molecule has 0 spiro atoms. The van der Waals surface area contributed by atoms with Gasteiger partial charge in [0.1, 0.15) is 0 Å². The smallest absolute Gasteiger partial charge is 0.354 e. The van der Waals surface area contributed by atoms with Crippen molar-refractivity contribution < 1.29 is 22.6 Å². The number of halogens is 3. The molecule has 0 saturated carbocycles. The maximum absolute atomic E-state index is 13.7. The minimum absolute atomic E-state index is 0.0369. The van der Waals surface area contributed by atoms with Crippen molar-refractivity contribution in [3.63, 3.8) is 0 Å². The average Bonchev–Trinajstić information content (AvgIpc) is 3.38. The Morgan fingerprint density at radius 2 is 1.71 bits per heavy atom. The summed E-state index contributed by atoms with van der Waals surface area (Å²) in [6.07, 6.45) is -4.17. The number of ether oxygens (including phenoxy) is 2. The van der Waals surface area contributed by atoms with Crippen LogP contribution in [0.1, 0.15) is 16.8 Å². The van der Waals surface area contributed by atoms with Gasteiger partial charge in [-0.05, 0) is 55.5 Å². The summed E-state index contributed by atoms with van der Waals surface area (Å²) < 4.78 is 54.1. The van der Waals surface area contributed by atoms with E-state index in [1.54, 1.807) is 30.3 Å². The van der Waals surface area contributed by atoms with E-state index >= 15 is 0 Å². The summed E-state index contributed by atoms with van der Waals surface area (Å²) in [4.78, 5) is 27.3. The van der Waals surface area contributed by atoms with Crippen molar-refractivity contribution in [3.05, 3.63) is 98.5 Å². The van der Waals surface area contributed by atoms with Crippen LogP contribution in [0.25, 0.3) is 22.6 Å². The molecule has 0 aliphatic carbocycles. The first-order valence-corrected chi connectivity index (χ1v) is 11.2. The Kier molecular flexibility index (Phi) is 7.34. The van der Waals surface area contributed by atoms with E-state index < -0.39 is 29.3 Å². The Bertz CT molecular complexity index is 1630. The molecule has 0 amide bonds. The molecule has 2 aromatic carbocycles. The SMILES string of the molecule is COC(Cn1c(=O)c(-c2ccnn2-c2ccc(C#N)cc2)c(C)n(-c2cccc(C(F)(F)F)c2)c1=O)OC. The zero-order valence-electron chi connectivity index (χ0n) is 20.6. The van der Waals surface area contributed by atoms with Gasteiger partial charge in [-0.15, -0.1) is 0 Å². The van der Waals surface area contributed by atoms with Crippen LogP contribution in [0.15, 0.2) is 70.4 Å². The third kappa shape index (κ3) is 4.89. The summed E-state index contributed by atoms with van der Waals surface area (Å²) >= 11 is 0. The standard InChI is InChI=1S/C26H22F3N5O4/c1-16-23(21-11-12-31-34(21)19-9-7-17(14-30)8-10-19)24(35)32(15-22(37-2)38-3)25(36)33(16)20-6-4-5-18(13-20)26(27,28)29/h4-13,22H,15H2,1-3H3. The van der Waals surface area contributed by atoms with Gasteiger partial charge in [-0.2, -0.15) is 23.5 Å². The van der Waals surface area contributed by atoms with Crippen LogP contribution in [0, 0.1) is 18.3 Å². The summed E-state index contributed by atoms with van der Waals surface area (Å²) in [5, 5.41) is 13.4. The van der Waals surface area contributed by atoms with Crippen molar-refractivity contribution in [1.29, 1.82) is 5.26 Å². The highest BCUT2D eigenvalue weighted by molar-refractivity contribution is 5.64. The Balaban J connectivity index is 2.03. The van der Waals surface area contributed by atoms with Crippen LogP contribution in [-0.4, -0.2) is 39.4 Å². The maximum atomic E-state index is 13.7. The van der Waals surface area contributed by atoms with Crippen LogP contribution in [-0.2, 0) is 22.2 Å². The lowest BCUT2D eigenvalue weighted by Crippen LogP contribution is -2.44. The lowest BCUT2D eigenvalue weighted by atomic mass is 10.1. The van der Waals surface area contributed by atoms with Gasteiger partial charge < -0.3 is 9.47 Å². The van der Waals surface area contributed by atoms with E-state index in [2.05, 4.69) is 5.10 Å². The van der Waals surface area contributed by atoms with E-state index in [1.807, 2.05) is 6.07 Å². The molecule has 9 nitrogen and oxygen atoms in total. The normalized spacial score (nSPS) is 11.6. The molecule has 0 N–H and O–H groups in total. The quantitative estimate of drug-likeness (QED) is 0.341. The molecular weight excluding hydrogens is 503 g/mol. The van der Waals surface area contributed by atoms with Crippen molar-refractivity contribution in [1.82, 2.24) is 18.9 Å². The molecule has 0 saturated heterocycles. The van der Waals surface area contributed by atoms with Gasteiger partial charge in [0, 0.05) is 19.9 Å². The van der Waals surface area contributed by atoms with E-state index in [9.17, 15) is 22.8 Å². The number of hydrogen-bond acceptors (Lipinski definition) is 6. The van der Waals surface area contributed by atoms with Crippen LogP contribution < -0.4 is 11.2 Å². The van der Waals surface area contributed by atoms with E-state index in [-0.39, 0.29) is 29.2 Å². The van der Waals surface area contributed by atoms with E-state index in [0.29, 0.717) is 11.3 Å². The molecule has 0 fully saturated rings. The van der Waals surface area contributed by atoms with Crippen LogP contribution in [0.4, 0.5) is 13.2 Å². The van der Waals surface area contributed by atoms with Crippen molar-refractivity contribution in [2.75, 3.05) is 14.2 Å². The van der Waals surface area contributed by atoms with Crippen molar-refractivity contribution in [3.8, 4) is 28.7 Å². The van der Waals surface area contributed by atoms with Crippen LogP contribution in [0.2, 0.25) is 0 Å². The van der Waals surface area contributed by atoms with Crippen molar-refractivity contribution in [2.45, 2.75) is 25.9 Å². The molecule has 0 unspecified atom stereocenters. The molecule has 4 rings (SSSR count). The third-order valence-corrected chi connectivity index (χ3v) is 6.01. The first-order chi connectivity index (χ1) is 18.1. The number of nitrogens with zero attached hydrogens (tertiary/aromatic N) is 5. The monoisotopic (exact) mass is 525 g/mol. The number of rotatable bonds is 7. The van der Waals surface area contributed by atoms with E-state index in [1.165, 1.54) is 44.2 Å². The predicted octanol–water partition coefficient (Wildman–Crippen LogP) is 3.67. The van der Waals surface area contributed by atoms with Crippen LogP contribution >= 0.6 is 0 Å². The van der Waals surface area contributed by atoms with Crippen molar-refractivity contribution in [2.24, 2.45) is 0 Å². The molecule has 0 aliphatic rings. The minimum Gasteiger partial charge on any atom is -0.354 e. The van der Waals surface area contributed by atoms with Crippen molar-refractivity contribution >= 4 is 0 Å². The first kappa shape index (κ1) is 26.6. The third-order valence-electron chi connectivity index (χ3n) is 6.01. The highest BCUT2D eigenvalue weighted by atomic mass is 19.4. The molecule has 0 bridgehead atoms. The van der Waals surface area contributed by atoms with Crippen LogP contribution in [0.3, 0.4) is 0 Å². The number of methoxy groups -OCH3 is 2. The summed E-state index contributed by atoms with van der Waals surface area (Å²) in [5.41, 5.74) is -1.21. The number of nitriles is 1. The fourth-order valence-corrected chi connectivity index (χ4v) is 4.10. The van der Waals surface area contributed by atoms with Gasteiger partial charge in [-0.25, -0.2) is 9.48 Å². The summed E-state index contributed by atoms with van der Waals surface area (Å²) in [7, 11) is 2.67. The topological polar surface area (TPSA) is 104 Å². The molecule has 2 aromatic heterocycles. The van der Waals surface area contributed by atoms with E-state index in [4.69, 9.17) is 14.7 Å². The Morgan fingerprint density at radius 3 is 2.32 bits per heavy atom. The summed E-state index contributed by atoms with van der Waals surface area (Å²) in [6.45, 7) is 1.16. The highest BCUT2D eigenvalue weighted by Gasteiger charge is 2.31. The van der Waals surface area contributed by atoms with Gasteiger partial charge in [-0.3, -0.25) is 13.9 Å². The summed E-state index contributed by atoms with van der Waals surface area (Å²) in [6, 6.07) is 14.3. The largest absolute Gasteiger partial charge is 0.416 e. The summed E-state index contributed by atoms with van der Waals surface area (Å²) in [5.74, 6) is 0. The van der Waals surface area contributed by atoms with Gasteiger partial charge in [0.15, 0.2) is 6.29 Å².